The lowest BCUT2D eigenvalue weighted by molar-refractivity contribution is 0.340. The van der Waals surface area contributed by atoms with Gasteiger partial charge < -0.3 is 25.3 Å². The van der Waals surface area contributed by atoms with Crippen LogP contribution in [0.2, 0.25) is 0 Å². The lowest BCUT2D eigenvalue weighted by atomic mass is 10.2. The van der Waals surface area contributed by atoms with Gasteiger partial charge in [-0.3, -0.25) is 0 Å². The standard InChI is InChI=1S/C19H25N3O3.HI/c1-4-25-16-7-5-6-14(10-16)12-21-19(20)22-13-15-8-9-17(23-2)18(11-15)24-3;/h5-11H,4,12-13H2,1-3H3,(H3,20,21,22);1H. The first-order valence-electron chi connectivity index (χ1n) is 8.12. The molecule has 142 valence electrons. The summed E-state index contributed by atoms with van der Waals surface area (Å²) < 4.78 is 16.0. The number of benzene rings is 2. The second-order valence-electron chi connectivity index (χ2n) is 5.32. The quantitative estimate of drug-likeness (QED) is 0.351. The third kappa shape index (κ3) is 6.62. The number of guanidine groups is 1. The predicted molar refractivity (Wildman–Crippen MR) is 115 cm³/mol. The third-order valence-electron chi connectivity index (χ3n) is 3.56. The van der Waals surface area contributed by atoms with Crippen LogP contribution in [0.3, 0.4) is 0 Å². The summed E-state index contributed by atoms with van der Waals surface area (Å²) in [5.41, 5.74) is 8.01. The van der Waals surface area contributed by atoms with Gasteiger partial charge in [-0.2, -0.15) is 0 Å². The van der Waals surface area contributed by atoms with E-state index in [0.29, 0.717) is 37.2 Å². The molecule has 0 aromatic heterocycles. The molecule has 2 aromatic rings. The molecule has 2 rings (SSSR count). The van der Waals surface area contributed by atoms with E-state index in [1.807, 2.05) is 49.4 Å². The molecule has 0 aliphatic rings. The molecule has 3 N–H and O–H groups in total. The number of halogens is 1. The van der Waals surface area contributed by atoms with Gasteiger partial charge in [0.1, 0.15) is 5.75 Å². The summed E-state index contributed by atoms with van der Waals surface area (Å²) in [5.74, 6) is 2.61. The molecule has 0 aliphatic carbocycles. The minimum Gasteiger partial charge on any atom is -0.494 e. The van der Waals surface area contributed by atoms with Crippen molar-refractivity contribution in [1.82, 2.24) is 5.32 Å². The van der Waals surface area contributed by atoms with Gasteiger partial charge in [-0.1, -0.05) is 18.2 Å². The summed E-state index contributed by atoms with van der Waals surface area (Å²) in [6.45, 7) is 3.64. The van der Waals surface area contributed by atoms with Crippen LogP contribution in [0, 0.1) is 0 Å². The fraction of sp³-hybridized carbons (Fsp3) is 0.316. The summed E-state index contributed by atoms with van der Waals surface area (Å²) >= 11 is 0. The molecule has 0 saturated heterocycles. The Morgan fingerprint density at radius 2 is 1.81 bits per heavy atom. The van der Waals surface area contributed by atoms with Crippen molar-refractivity contribution in [3.05, 3.63) is 53.6 Å². The van der Waals surface area contributed by atoms with E-state index < -0.39 is 0 Å². The topological polar surface area (TPSA) is 78.1 Å². The Hall–Kier alpha value is -2.16. The molecule has 0 fully saturated rings. The summed E-state index contributed by atoms with van der Waals surface area (Å²) in [6.07, 6.45) is 0. The van der Waals surface area contributed by atoms with Gasteiger partial charge in [-0.05, 0) is 42.3 Å². The van der Waals surface area contributed by atoms with Crippen LogP contribution < -0.4 is 25.3 Å². The van der Waals surface area contributed by atoms with Crippen molar-refractivity contribution in [1.29, 1.82) is 0 Å². The molecule has 0 heterocycles. The third-order valence-corrected chi connectivity index (χ3v) is 3.56. The SMILES string of the molecule is CCOc1cccc(CN=C(N)NCc2ccc(OC)c(OC)c2)c1.I. The van der Waals surface area contributed by atoms with Crippen molar-refractivity contribution in [2.24, 2.45) is 10.7 Å². The summed E-state index contributed by atoms with van der Waals surface area (Å²) in [5, 5.41) is 3.10. The highest BCUT2D eigenvalue weighted by Crippen LogP contribution is 2.27. The fourth-order valence-corrected chi connectivity index (χ4v) is 2.32. The Balaban J connectivity index is 0.00000338. The zero-order valence-corrected chi connectivity index (χ0v) is 17.7. The number of methoxy groups -OCH3 is 2. The van der Waals surface area contributed by atoms with Crippen molar-refractivity contribution in [2.45, 2.75) is 20.0 Å². The second kappa shape index (κ2) is 11.5. The Bertz CT molecular complexity index is 723. The Labute approximate surface area is 171 Å². The van der Waals surface area contributed by atoms with Gasteiger partial charge in [-0.15, -0.1) is 24.0 Å². The van der Waals surface area contributed by atoms with E-state index in [4.69, 9.17) is 19.9 Å². The monoisotopic (exact) mass is 471 g/mol. The number of nitrogens with zero attached hydrogens (tertiary/aromatic N) is 1. The summed E-state index contributed by atoms with van der Waals surface area (Å²) in [7, 11) is 3.22. The maximum atomic E-state index is 5.94. The van der Waals surface area contributed by atoms with Crippen molar-refractivity contribution in [3.8, 4) is 17.2 Å². The predicted octanol–water partition coefficient (Wildman–Crippen LogP) is 3.33. The van der Waals surface area contributed by atoms with Crippen LogP contribution in [0.15, 0.2) is 47.5 Å². The molecule has 26 heavy (non-hydrogen) atoms. The highest BCUT2D eigenvalue weighted by molar-refractivity contribution is 14.0. The lowest BCUT2D eigenvalue weighted by Gasteiger charge is -2.10. The number of hydrogen-bond acceptors (Lipinski definition) is 4. The molecule has 0 spiro atoms. The maximum Gasteiger partial charge on any atom is 0.189 e. The van der Waals surface area contributed by atoms with Gasteiger partial charge >= 0.3 is 0 Å². The van der Waals surface area contributed by atoms with E-state index in [9.17, 15) is 0 Å². The van der Waals surface area contributed by atoms with E-state index in [0.717, 1.165) is 16.9 Å². The fourth-order valence-electron chi connectivity index (χ4n) is 2.32. The first-order valence-corrected chi connectivity index (χ1v) is 8.12. The second-order valence-corrected chi connectivity index (χ2v) is 5.32. The minimum atomic E-state index is 0. The summed E-state index contributed by atoms with van der Waals surface area (Å²) in [6, 6.07) is 13.6. The van der Waals surface area contributed by atoms with E-state index >= 15 is 0 Å². The van der Waals surface area contributed by atoms with E-state index in [-0.39, 0.29) is 24.0 Å². The normalized spacial score (nSPS) is 10.7. The molecule has 7 heteroatoms. The molecule has 0 bridgehead atoms. The molecule has 0 amide bonds. The zero-order chi connectivity index (χ0) is 18.1. The highest BCUT2D eigenvalue weighted by Gasteiger charge is 2.04. The first-order chi connectivity index (χ1) is 12.2. The zero-order valence-electron chi connectivity index (χ0n) is 15.3. The smallest absolute Gasteiger partial charge is 0.189 e. The Kier molecular flexibility index (Phi) is 9.64. The van der Waals surface area contributed by atoms with Gasteiger partial charge in [0, 0.05) is 6.54 Å². The van der Waals surface area contributed by atoms with Crippen LogP contribution in [0.25, 0.3) is 0 Å². The molecule has 0 radical (unpaired) electrons. The van der Waals surface area contributed by atoms with Crippen LogP contribution in [-0.2, 0) is 13.1 Å². The minimum absolute atomic E-state index is 0. The average molecular weight is 471 g/mol. The van der Waals surface area contributed by atoms with Crippen LogP contribution in [0.4, 0.5) is 0 Å². The molecule has 0 unspecified atom stereocenters. The lowest BCUT2D eigenvalue weighted by Crippen LogP contribution is -2.31. The first kappa shape index (κ1) is 21.9. The number of rotatable bonds is 8. The van der Waals surface area contributed by atoms with Gasteiger partial charge in [0.25, 0.3) is 0 Å². The molecular weight excluding hydrogens is 445 g/mol. The van der Waals surface area contributed by atoms with Crippen molar-refractivity contribution in [3.63, 3.8) is 0 Å². The average Bonchev–Trinajstić information content (AvgIpc) is 2.65. The van der Waals surface area contributed by atoms with Crippen molar-refractivity contribution in [2.75, 3.05) is 20.8 Å². The molecule has 2 aromatic carbocycles. The Morgan fingerprint density at radius 3 is 2.50 bits per heavy atom. The van der Waals surface area contributed by atoms with E-state index in [1.165, 1.54) is 0 Å². The number of ether oxygens (including phenoxy) is 3. The van der Waals surface area contributed by atoms with E-state index in [1.54, 1.807) is 14.2 Å². The Morgan fingerprint density at radius 1 is 1.04 bits per heavy atom. The van der Waals surface area contributed by atoms with Gasteiger partial charge in [-0.25, -0.2) is 4.99 Å². The molecular formula is C19H26IN3O3. The van der Waals surface area contributed by atoms with Gasteiger partial charge in [0.2, 0.25) is 0 Å². The number of aliphatic imine (C=N–C) groups is 1. The number of nitrogens with two attached hydrogens (primary N) is 1. The maximum absolute atomic E-state index is 5.94. The largest absolute Gasteiger partial charge is 0.494 e. The highest BCUT2D eigenvalue weighted by atomic mass is 127. The number of nitrogens with one attached hydrogen (secondary N) is 1. The molecule has 6 nitrogen and oxygen atoms in total. The molecule has 0 saturated carbocycles. The number of hydrogen-bond donors (Lipinski definition) is 2. The van der Waals surface area contributed by atoms with E-state index in [2.05, 4.69) is 10.3 Å². The van der Waals surface area contributed by atoms with Crippen LogP contribution in [-0.4, -0.2) is 26.8 Å². The molecule has 0 atom stereocenters. The van der Waals surface area contributed by atoms with Crippen LogP contribution in [0.1, 0.15) is 18.1 Å². The van der Waals surface area contributed by atoms with Crippen LogP contribution >= 0.6 is 24.0 Å². The van der Waals surface area contributed by atoms with Crippen molar-refractivity contribution < 1.29 is 14.2 Å². The van der Waals surface area contributed by atoms with Gasteiger partial charge in [0.15, 0.2) is 17.5 Å². The van der Waals surface area contributed by atoms with Crippen molar-refractivity contribution >= 4 is 29.9 Å². The van der Waals surface area contributed by atoms with Gasteiger partial charge in [0.05, 0.1) is 27.4 Å². The van der Waals surface area contributed by atoms with Crippen LogP contribution in [0.5, 0.6) is 17.2 Å². The molecule has 0 aliphatic heterocycles. The summed E-state index contributed by atoms with van der Waals surface area (Å²) in [4.78, 5) is 4.36.